The van der Waals surface area contributed by atoms with Crippen LogP contribution in [0.15, 0.2) is 36.5 Å². The summed E-state index contributed by atoms with van der Waals surface area (Å²) in [5, 5.41) is 0. The van der Waals surface area contributed by atoms with Crippen LogP contribution >= 0.6 is 0 Å². The summed E-state index contributed by atoms with van der Waals surface area (Å²) in [5.41, 5.74) is 9.39. The fraction of sp³-hybridized carbons (Fsp3) is 0.312. The number of hydrogen-bond donors (Lipinski definition) is 1. The van der Waals surface area contributed by atoms with Gasteiger partial charge in [0.25, 0.3) is 0 Å². The number of hydrogen-bond acceptors (Lipinski definition) is 4. The zero-order valence-corrected chi connectivity index (χ0v) is 11.7. The predicted molar refractivity (Wildman–Crippen MR) is 79.9 cm³/mol. The van der Waals surface area contributed by atoms with Crippen LogP contribution in [0.5, 0.6) is 5.75 Å². The summed E-state index contributed by atoms with van der Waals surface area (Å²) in [5.74, 6) is 1.95. The van der Waals surface area contributed by atoms with Crippen LogP contribution in [0.1, 0.15) is 16.7 Å². The highest BCUT2D eigenvalue weighted by Gasteiger charge is 2.19. The molecule has 0 spiro atoms. The Labute approximate surface area is 119 Å². The summed E-state index contributed by atoms with van der Waals surface area (Å²) in [4.78, 5) is 6.79. The van der Waals surface area contributed by atoms with Gasteiger partial charge in [0.15, 0.2) is 0 Å². The molecule has 2 heterocycles. The third-order valence-corrected chi connectivity index (χ3v) is 3.72. The summed E-state index contributed by atoms with van der Waals surface area (Å²) in [6.45, 7) is 4.87. The second kappa shape index (κ2) is 5.51. The SMILES string of the molecule is Cc1ccnc(N2CCOc3ccccc3C2)c1CN. The Hall–Kier alpha value is -2.07. The third kappa shape index (κ3) is 2.34. The monoisotopic (exact) mass is 269 g/mol. The fourth-order valence-electron chi connectivity index (χ4n) is 2.61. The lowest BCUT2D eigenvalue weighted by Crippen LogP contribution is -2.28. The lowest BCUT2D eigenvalue weighted by molar-refractivity contribution is 0.331. The predicted octanol–water partition coefficient (Wildman–Crippen LogP) is 2.25. The number of nitrogens with zero attached hydrogens (tertiary/aromatic N) is 2. The maximum Gasteiger partial charge on any atom is 0.133 e. The van der Waals surface area contributed by atoms with Crippen LogP contribution in [0.25, 0.3) is 0 Å². The van der Waals surface area contributed by atoms with Crippen LogP contribution in [0.2, 0.25) is 0 Å². The number of fused-ring (bicyclic) bond motifs is 1. The van der Waals surface area contributed by atoms with Gasteiger partial charge < -0.3 is 15.4 Å². The van der Waals surface area contributed by atoms with Gasteiger partial charge in [0.05, 0.1) is 6.54 Å². The maximum absolute atomic E-state index is 5.89. The van der Waals surface area contributed by atoms with Gasteiger partial charge in [0, 0.05) is 30.4 Å². The first-order valence-electron chi connectivity index (χ1n) is 6.90. The molecule has 1 aliphatic heterocycles. The van der Waals surface area contributed by atoms with E-state index < -0.39 is 0 Å². The normalized spacial score (nSPS) is 14.4. The number of anilines is 1. The molecule has 0 amide bonds. The van der Waals surface area contributed by atoms with Gasteiger partial charge in [-0.3, -0.25) is 0 Å². The summed E-state index contributed by atoms with van der Waals surface area (Å²) in [7, 11) is 0. The van der Waals surface area contributed by atoms with Crippen molar-refractivity contribution in [3.8, 4) is 5.75 Å². The molecule has 0 aliphatic carbocycles. The van der Waals surface area contributed by atoms with Crippen LogP contribution in [0.4, 0.5) is 5.82 Å². The van der Waals surface area contributed by atoms with Crippen LogP contribution in [-0.4, -0.2) is 18.1 Å². The second-order valence-electron chi connectivity index (χ2n) is 5.01. The van der Waals surface area contributed by atoms with Gasteiger partial charge >= 0.3 is 0 Å². The van der Waals surface area contributed by atoms with Crippen molar-refractivity contribution < 1.29 is 4.74 Å². The molecule has 4 nitrogen and oxygen atoms in total. The molecular weight excluding hydrogens is 250 g/mol. The summed E-state index contributed by atoms with van der Waals surface area (Å²) in [6.07, 6.45) is 1.85. The van der Waals surface area contributed by atoms with Gasteiger partial charge in [0.1, 0.15) is 18.2 Å². The smallest absolute Gasteiger partial charge is 0.133 e. The molecule has 20 heavy (non-hydrogen) atoms. The lowest BCUT2D eigenvalue weighted by atomic mass is 10.1. The minimum absolute atomic E-state index is 0.508. The van der Waals surface area contributed by atoms with Crippen molar-refractivity contribution in [1.82, 2.24) is 4.98 Å². The van der Waals surface area contributed by atoms with Gasteiger partial charge in [-0.1, -0.05) is 18.2 Å². The topological polar surface area (TPSA) is 51.4 Å². The Balaban J connectivity index is 1.98. The van der Waals surface area contributed by atoms with Crippen molar-refractivity contribution in [1.29, 1.82) is 0 Å². The molecule has 2 aromatic rings. The Morgan fingerprint density at radius 3 is 3.00 bits per heavy atom. The molecule has 4 heteroatoms. The summed E-state index contributed by atoms with van der Waals surface area (Å²) < 4.78 is 5.80. The van der Waals surface area contributed by atoms with E-state index in [1.807, 2.05) is 30.5 Å². The Kier molecular flexibility index (Phi) is 3.56. The molecule has 0 saturated heterocycles. The first-order chi connectivity index (χ1) is 9.79. The van der Waals surface area contributed by atoms with Crippen LogP contribution in [0, 0.1) is 6.92 Å². The van der Waals surface area contributed by atoms with Crippen molar-refractivity contribution in [2.75, 3.05) is 18.1 Å². The molecule has 3 rings (SSSR count). The summed E-state index contributed by atoms with van der Waals surface area (Å²) in [6, 6.07) is 10.2. The van der Waals surface area contributed by atoms with E-state index in [0.29, 0.717) is 13.2 Å². The molecule has 0 atom stereocenters. The number of ether oxygens (including phenoxy) is 1. The van der Waals surface area contributed by atoms with E-state index in [1.165, 1.54) is 11.1 Å². The molecule has 1 aliphatic rings. The van der Waals surface area contributed by atoms with E-state index in [2.05, 4.69) is 22.9 Å². The molecule has 0 bridgehead atoms. The standard InChI is InChI=1S/C16H19N3O/c1-12-6-7-18-16(14(12)10-17)19-8-9-20-15-5-3-2-4-13(15)11-19/h2-7H,8-11,17H2,1H3. The largest absolute Gasteiger partial charge is 0.491 e. The van der Waals surface area contributed by atoms with Gasteiger partial charge in [-0.05, 0) is 24.6 Å². The average Bonchev–Trinajstić information content (AvgIpc) is 2.69. The van der Waals surface area contributed by atoms with Gasteiger partial charge in [-0.15, -0.1) is 0 Å². The minimum atomic E-state index is 0.508. The highest BCUT2D eigenvalue weighted by atomic mass is 16.5. The number of rotatable bonds is 2. The first kappa shape index (κ1) is 12.9. The zero-order chi connectivity index (χ0) is 13.9. The van der Waals surface area contributed by atoms with Crippen LogP contribution in [0.3, 0.4) is 0 Å². The fourth-order valence-corrected chi connectivity index (χ4v) is 2.61. The van der Waals surface area contributed by atoms with Crippen molar-refractivity contribution in [2.45, 2.75) is 20.0 Å². The number of para-hydroxylation sites is 1. The minimum Gasteiger partial charge on any atom is -0.491 e. The van der Waals surface area contributed by atoms with E-state index in [9.17, 15) is 0 Å². The van der Waals surface area contributed by atoms with Crippen LogP contribution in [-0.2, 0) is 13.1 Å². The van der Waals surface area contributed by atoms with Gasteiger partial charge in [0.2, 0.25) is 0 Å². The molecule has 2 N–H and O–H groups in total. The van der Waals surface area contributed by atoms with Crippen molar-refractivity contribution in [2.24, 2.45) is 5.73 Å². The van der Waals surface area contributed by atoms with Crippen molar-refractivity contribution >= 4 is 5.82 Å². The van der Waals surface area contributed by atoms with E-state index in [1.54, 1.807) is 0 Å². The number of benzene rings is 1. The Morgan fingerprint density at radius 2 is 2.15 bits per heavy atom. The van der Waals surface area contributed by atoms with Crippen LogP contribution < -0.4 is 15.4 Å². The highest BCUT2D eigenvalue weighted by Crippen LogP contribution is 2.27. The molecule has 0 fully saturated rings. The molecule has 0 radical (unpaired) electrons. The quantitative estimate of drug-likeness (QED) is 0.908. The number of aryl methyl sites for hydroxylation is 1. The zero-order valence-electron chi connectivity index (χ0n) is 11.7. The van der Waals surface area contributed by atoms with E-state index in [0.717, 1.165) is 30.2 Å². The lowest BCUT2D eigenvalue weighted by Gasteiger charge is -2.24. The third-order valence-electron chi connectivity index (χ3n) is 3.72. The second-order valence-corrected chi connectivity index (χ2v) is 5.01. The van der Waals surface area contributed by atoms with E-state index in [-0.39, 0.29) is 0 Å². The Bertz CT molecular complexity index is 612. The number of aromatic nitrogens is 1. The molecular formula is C16H19N3O. The van der Waals surface area contributed by atoms with E-state index >= 15 is 0 Å². The average molecular weight is 269 g/mol. The molecule has 0 unspecified atom stereocenters. The number of pyridine rings is 1. The van der Waals surface area contributed by atoms with Crippen molar-refractivity contribution in [3.05, 3.63) is 53.2 Å². The van der Waals surface area contributed by atoms with Gasteiger partial charge in [-0.25, -0.2) is 4.98 Å². The highest BCUT2D eigenvalue weighted by molar-refractivity contribution is 5.52. The summed E-state index contributed by atoms with van der Waals surface area (Å²) >= 11 is 0. The molecule has 1 aromatic heterocycles. The maximum atomic E-state index is 5.89. The number of nitrogens with two attached hydrogens (primary N) is 1. The molecule has 1 aromatic carbocycles. The first-order valence-corrected chi connectivity index (χ1v) is 6.90. The Morgan fingerprint density at radius 1 is 1.30 bits per heavy atom. The molecule has 0 saturated carbocycles. The van der Waals surface area contributed by atoms with Crippen molar-refractivity contribution in [3.63, 3.8) is 0 Å². The van der Waals surface area contributed by atoms with E-state index in [4.69, 9.17) is 10.5 Å². The molecule has 104 valence electrons. The van der Waals surface area contributed by atoms with Gasteiger partial charge in [-0.2, -0.15) is 0 Å².